The lowest BCUT2D eigenvalue weighted by Crippen LogP contribution is -2.34. The third-order valence-electron chi connectivity index (χ3n) is 0.772. The molecule has 3 nitrogen and oxygen atoms in total. The van der Waals surface area contributed by atoms with Crippen LogP contribution in [0.25, 0.3) is 0 Å². The summed E-state index contributed by atoms with van der Waals surface area (Å²) < 4.78 is 0. The average molecular weight is 101 g/mol. The highest BCUT2D eigenvalue weighted by Crippen LogP contribution is 1.74. The fraction of sp³-hybridized carbons (Fsp3) is 0.750. The van der Waals surface area contributed by atoms with E-state index in [4.69, 9.17) is 11.3 Å². The smallest absolute Gasteiger partial charge is 0.107 e. The second-order valence-corrected chi connectivity index (χ2v) is 1.37. The summed E-state index contributed by atoms with van der Waals surface area (Å²) in [5, 5.41) is 8.28. The molecule has 0 fully saturated rings. The Morgan fingerprint density at radius 1 is 1.86 bits per heavy atom. The zero-order chi connectivity index (χ0) is 5.86. The zero-order valence-electron chi connectivity index (χ0n) is 4.73. The minimum Gasteiger partial charge on any atom is -0.299 e. The molecule has 0 heterocycles. The van der Waals surface area contributed by atoms with E-state index in [0.717, 1.165) is 0 Å². The number of nitrogens with one attached hydrogen (secondary N) is 1. The van der Waals surface area contributed by atoms with Crippen molar-refractivity contribution in [3.8, 4) is 0 Å². The Kier molecular flexibility index (Phi) is 2.37. The minimum atomic E-state index is 0.405. The molecule has 3 heteroatoms. The maximum absolute atomic E-state index is 6.90. The molecule has 42 valence electrons. The highest BCUT2D eigenvalue weighted by molar-refractivity contribution is 5.75. The van der Waals surface area contributed by atoms with Crippen LogP contribution in [-0.4, -0.2) is 17.4 Å². The van der Waals surface area contributed by atoms with Gasteiger partial charge in [0.1, 0.15) is 5.84 Å². The molecule has 7 heavy (non-hydrogen) atoms. The Bertz CT molecular complexity index is 69.3. The van der Waals surface area contributed by atoms with Crippen molar-refractivity contribution in [1.29, 1.82) is 5.41 Å². The number of hydrazine groups is 1. The highest BCUT2D eigenvalue weighted by Gasteiger charge is 1.89. The van der Waals surface area contributed by atoms with E-state index in [1.54, 1.807) is 6.92 Å². The topological polar surface area (TPSA) is 53.1 Å². The molecule has 0 spiro atoms. The van der Waals surface area contributed by atoms with Crippen molar-refractivity contribution in [2.45, 2.75) is 13.8 Å². The van der Waals surface area contributed by atoms with E-state index < -0.39 is 0 Å². The van der Waals surface area contributed by atoms with Gasteiger partial charge in [0, 0.05) is 6.54 Å². The van der Waals surface area contributed by atoms with E-state index in [2.05, 4.69) is 0 Å². The summed E-state index contributed by atoms with van der Waals surface area (Å²) in [5.41, 5.74) is 0. The normalized spacial score (nSPS) is 8.43. The van der Waals surface area contributed by atoms with Crippen LogP contribution in [0.4, 0.5) is 0 Å². The summed E-state index contributed by atoms with van der Waals surface area (Å²) in [6, 6.07) is 0. The summed E-state index contributed by atoms with van der Waals surface area (Å²) in [6.45, 7) is 4.26. The maximum atomic E-state index is 6.90. The van der Waals surface area contributed by atoms with E-state index in [0.29, 0.717) is 12.4 Å². The molecule has 0 aromatic heterocycles. The van der Waals surface area contributed by atoms with Crippen molar-refractivity contribution < 1.29 is 0 Å². The van der Waals surface area contributed by atoms with Crippen molar-refractivity contribution in [3.05, 3.63) is 0 Å². The first-order valence-electron chi connectivity index (χ1n) is 2.26. The first-order valence-corrected chi connectivity index (χ1v) is 2.26. The molecule has 0 saturated heterocycles. The van der Waals surface area contributed by atoms with Crippen molar-refractivity contribution in [3.63, 3.8) is 0 Å². The van der Waals surface area contributed by atoms with Crippen molar-refractivity contribution in [2.75, 3.05) is 6.54 Å². The van der Waals surface area contributed by atoms with Gasteiger partial charge in [-0.3, -0.25) is 10.4 Å². The van der Waals surface area contributed by atoms with Gasteiger partial charge in [0.15, 0.2) is 0 Å². The third-order valence-corrected chi connectivity index (χ3v) is 0.772. The predicted octanol–water partition coefficient (Wildman–Crippen LogP) is 0.179. The monoisotopic (exact) mass is 101 g/mol. The molecule has 0 bridgehead atoms. The van der Waals surface area contributed by atoms with Crippen molar-refractivity contribution in [2.24, 2.45) is 5.84 Å². The molecule has 0 unspecified atom stereocenters. The second kappa shape index (κ2) is 2.58. The Balaban J connectivity index is 3.34. The van der Waals surface area contributed by atoms with E-state index in [1.165, 1.54) is 5.01 Å². The first-order chi connectivity index (χ1) is 3.18. The van der Waals surface area contributed by atoms with Crippen LogP contribution in [0.3, 0.4) is 0 Å². The lowest BCUT2D eigenvalue weighted by Gasteiger charge is -2.11. The fourth-order valence-electron chi connectivity index (χ4n) is 0.237. The molecule has 0 aromatic rings. The predicted molar refractivity (Wildman–Crippen MR) is 30.0 cm³/mol. The summed E-state index contributed by atoms with van der Waals surface area (Å²) in [5.74, 6) is 5.63. The molecule has 0 rings (SSSR count). The first kappa shape index (κ1) is 6.43. The van der Waals surface area contributed by atoms with Gasteiger partial charge in [-0.05, 0) is 13.8 Å². The number of nitrogens with zero attached hydrogens (tertiary/aromatic N) is 1. The average Bonchev–Trinajstić information content (AvgIpc) is 1.65. The number of hydrogen-bond acceptors (Lipinski definition) is 2. The lowest BCUT2D eigenvalue weighted by molar-refractivity contribution is 0.459. The highest BCUT2D eigenvalue weighted by atomic mass is 15.4. The van der Waals surface area contributed by atoms with Gasteiger partial charge in [-0.1, -0.05) is 0 Å². The molecular weight excluding hydrogens is 90.1 g/mol. The molecular formula is C4H11N3. The molecule has 0 aliphatic rings. The third kappa shape index (κ3) is 2.17. The Hall–Kier alpha value is -0.570. The number of nitrogens with two attached hydrogens (primary N) is 1. The molecule has 0 atom stereocenters. The SMILES string of the molecule is CCN(N)C(C)=N. The summed E-state index contributed by atoms with van der Waals surface area (Å²) in [7, 11) is 0. The van der Waals surface area contributed by atoms with Gasteiger partial charge in [0.05, 0.1) is 0 Å². The van der Waals surface area contributed by atoms with Gasteiger partial charge in [-0.2, -0.15) is 0 Å². The van der Waals surface area contributed by atoms with Crippen LogP contribution in [0.5, 0.6) is 0 Å². The van der Waals surface area contributed by atoms with Crippen LogP contribution >= 0.6 is 0 Å². The van der Waals surface area contributed by atoms with Gasteiger partial charge in [0.25, 0.3) is 0 Å². The maximum Gasteiger partial charge on any atom is 0.107 e. The summed E-state index contributed by atoms with van der Waals surface area (Å²) in [4.78, 5) is 0. The van der Waals surface area contributed by atoms with Gasteiger partial charge in [0.2, 0.25) is 0 Å². The molecule has 0 saturated carbocycles. The van der Waals surface area contributed by atoms with Gasteiger partial charge < -0.3 is 0 Å². The van der Waals surface area contributed by atoms with Crippen LogP contribution in [0, 0.1) is 5.41 Å². The van der Waals surface area contributed by atoms with E-state index in [-0.39, 0.29) is 0 Å². The molecule has 0 amide bonds. The molecule has 0 aliphatic carbocycles. The van der Waals surface area contributed by atoms with E-state index >= 15 is 0 Å². The number of rotatable bonds is 1. The van der Waals surface area contributed by atoms with Gasteiger partial charge in [-0.15, -0.1) is 0 Å². The van der Waals surface area contributed by atoms with Crippen molar-refractivity contribution >= 4 is 5.84 Å². The van der Waals surface area contributed by atoms with E-state index in [1.807, 2.05) is 6.92 Å². The van der Waals surface area contributed by atoms with Crippen molar-refractivity contribution in [1.82, 2.24) is 5.01 Å². The Labute approximate surface area is 43.6 Å². The second-order valence-electron chi connectivity index (χ2n) is 1.37. The molecule has 0 radical (unpaired) electrons. The van der Waals surface area contributed by atoms with Gasteiger partial charge in [-0.25, -0.2) is 5.84 Å². The molecule has 0 aliphatic heterocycles. The Morgan fingerprint density at radius 3 is 2.29 bits per heavy atom. The standard InChI is InChI=1S/C4H11N3/c1-3-7(6)4(2)5/h5H,3,6H2,1-2H3. The van der Waals surface area contributed by atoms with Crippen LogP contribution in [-0.2, 0) is 0 Å². The lowest BCUT2D eigenvalue weighted by atomic mass is 10.6. The van der Waals surface area contributed by atoms with E-state index in [9.17, 15) is 0 Å². The fourth-order valence-corrected chi connectivity index (χ4v) is 0.237. The Morgan fingerprint density at radius 2 is 2.29 bits per heavy atom. The van der Waals surface area contributed by atoms with Crippen LogP contribution in [0.1, 0.15) is 13.8 Å². The van der Waals surface area contributed by atoms with Gasteiger partial charge >= 0.3 is 0 Å². The van der Waals surface area contributed by atoms with Crippen LogP contribution < -0.4 is 5.84 Å². The quantitative estimate of drug-likeness (QED) is 0.214. The summed E-state index contributed by atoms with van der Waals surface area (Å²) in [6.07, 6.45) is 0. The van der Waals surface area contributed by atoms with Crippen LogP contribution in [0.15, 0.2) is 0 Å². The largest absolute Gasteiger partial charge is 0.299 e. The molecule has 0 aromatic carbocycles. The minimum absolute atomic E-state index is 0.405. The zero-order valence-corrected chi connectivity index (χ0v) is 4.73. The molecule has 3 N–H and O–H groups in total. The number of amidine groups is 1. The number of hydrogen-bond donors (Lipinski definition) is 2. The summed E-state index contributed by atoms with van der Waals surface area (Å²) >= 11 is 0. The van der Waals surface area contributed by atoms with Crippen LogP contribution in [0.2, 0.25) is 0 Å².